The lowest BCUT2D eigenvalue weighted by atomic mass is 9.88. The summed E-state index contributed by atoms with van der Waals surface area (Å²) in [6, 6.07) is 8.40. The first kappa shape index (κ1) is 28.5. The number of ether oxygens (including phenoxy) is 3. The Hall–Kier alpha value is -3.61. The van der Waals surface area contributed by atoms with E-state index in [-0.39, 0.29) is 58.8 Å². The van der Waals surface area contributed by atoms with Gasteiger partial charge in [-0.25, -0.2) is 9.37 Å². The lowest BCUT2D eigenvalue weighted by molar-refractivity contribution is -0.0196. The first-order valence-electron chi connectivity index (χ1n) is 13.8. The molecule has 3 fully saturated rings. The van der Waals surface area contributed by atoms with Gasteiger partial charge in [0.15, 0.2) is 11.6 Å². The first-order valence-corrected chi connectivity index (χ1v) is 15.2. The van der Waals surface area contributed by atoms with Crippen molar-refractivity contribution < 1.29 is 27.0 Å². The number of rotatable bonds is 7. The third kappa shape index (κ3) is 5.34. The normalized spacial score (nSPS) is 22.4. The number of benzene rings is 2. The highest BCUT2D eigenvalue weighted by molar-refractivity contribution is 7.90. The molecule has 3 aromatic rings. The van der Waals surface area contributed by atoms with Gasteiger partial charge in [0.25, 0.3) is 5.56 Å². The van der Waals surface area contributed by atoms with Gasteiger partial charge in [-0.15, -0.1) is 0 Å². The van der Waals surface area contributed by atoms with Crippen LogP contribution in [0.4, 0.5) is 10.1 Å². The van der Waals surface area contributed by atoms with Crippen LogP contribution in [0.3, 0.4) is 0 Å². The second-order valence-electron chi connectivity index (χ2n) is 10.9. The largest absolute Gasteiger partial charge is 0.453 e. The molecule has 0 radical (unpaired) electrons. The van der Waals surface area contributed by atoms with Crippen molar-refractivity contribution in [2.24, 2.45) is 0 Å². The van der Waals surface area contributed by atoms with E-state index in [9.17, 15) is 22.9 Å². The number of methoxy groups -OCH3 is 1. The van der Waals surface area contributed by atoms with E-state index >= 15 is 0 Å². The van der Waals surface area contributed by atoms with Gasteiger partial charge in [-0.05, 0) is 69.1 Å². The molecular weight excluding hydrogens is 567 g/mol. The maximum Gasteiger partial charge on any atom is 0.301 e. The first-order chi connectivity index (χ1) is 20.2. The van der Waals surface area contributed by atoms with Crippen molar-refractivity contribution in [3.63, 3.8) is 0 Å². The van der Waals surface area contributed by atoms with E-state index in [1.54, 1.807) is 10.6 Å². The van der Waals surface area contributed by atoms with Crippen LogP contribution in [0.15, 0.2) is 41.5 Å². The monoisotopic (exact) mass is 598 g/mol. The van der Waals surface area contributed by atoms with Crippen molar-refractivity contribution in [2.45, 2.75) is 43.4 Å². The Bertz CT molecular complexity index is 1720. The fourth-order valence-corrected chi connectivity index (χ4v) is 7.24. The van der Waals surface area contributed by atoms with Gasteiger partial charge in [-0.3, -0.25) is 14.1 Å². The number of nitrogens with one attached hydrogen (secondary N) is 2. The summed E-state index contributed by atoms with van der Waals surface area (Å²) >= 11 is 0. The number of hydrogen-bond acceptors (Lipinski definition) is 9. The zero-order valence-corrected chi connectivity index (χ0v) is 23.8. The van der Waals surface area contributed by atoms with Gasteiger partial charge < -0.3 is 19.5 Å². The van der Waals surface area contributed by atoms with E-state index in [2.05, 4.69) is 15.0 Å². The van der Waals surface area contributed by atoms with E-state index in [1.807, 2.05) is 6.07 Å². The third-order valence-electron chi connectivity index (χ3n) is 8.31. The van der Waals surface area contributed by atoms with Crippen LogP contribution in [0.2, 0.25) is 0 Å². The summed E-state index contributed by atoms with van der Waals surface area (Å²) in [6.45, 7) is 2.55. The van der Waals surface area contributed by atoms with Gasteiger partial charge >= 0.3 is 10.2 Å². The minimum absolute atomic E-state index is 0.0922. The summed E-state index contributed by atoms with van der Waals surface area (Å²) in [5, 5.41) is 13.5. The fraction of sp³-hybridized carbons (Fsp3) is 0.464. The SMILES string of the molecule is CO[C@@H]1CCN(S(=O)(=O)Nc2ccc(F)c(Oc3ccc4ncn([C@H]5COC6(CCNCC6)C5)c(=O)c4c3)c2C#N)C1. The molecule has 6 rings (SSSR count). The summed E-state index contributed by atoms with van der Waals surface area (Å²) in [4.78, 5) is 18.0. The molecule has 222 valence electrons. The van der Waals surface area contributed by atoms with Gasteiger partial charge in [-0.1, -0.05) is 0 Å². The molecule has 0 bridgehead atoms. The average Bonchev–Trinajstić information content (AvgIpc) is 3.64. The molecule has 1 spiro atoms. The number of aromatic nitrogens is 2. The highest BCUT2D eigenvalue weighted by Crippen LogP contribution is 2.39. The molecule has 14 heteroatoms. The molecule has 3 saturated heterocycles. The summed E-state index contributed by atoms with van der Waals surface area (Å²) in [5.41, 5.74) is -0.561. The summed E-state index contributed by atoms with van der Waals surface area (Å²) in [7, 11) is -2.53. The molecule has 0 saturated carbocycles. The predicted octanol–water partition coefficient (Wildman–Crippen LogP) is 2.66. The smallest absolute Gasteiger partial charge is 0.301 e. The van der Waals surface area contributed by atoms with Crippen LogP contribution in [0.25, 0.3) is 10.9 Å². The summed E-state index contributed by atoms with van der Waals surface area (Å²) < 4.78 is 63.3. The Morgan fingerprint density at radius 3 is 2.81 bits per heavy atom. The van der Waals surface area contributed by atoms with Crippen molar-refractivity contribution in [3.8, 4) is 17.6 Å². The van der Waals surface area contributed by atoms with E-state index in [1.165, 1.54) is 35.9 Å². The van der Waals surface area contributed by atoms with Crippen molar-refractivity contribution in [1.82, 2.24) is 19.2 Å². The van der Waals surface area contributed by atoms with Crippen LogP contribution >= 0.6 is 0 Å². The topological polar surface area (TPSA) is 148 Å². The van der Waals surface area contributed by atoms with Crippen LogP contribution in [0, 0.1) is 17.1 Å². The van der Waals surface area contributed by atoms with Crippen molar-refractivity contribution >= 4 is 26.8 Å². The number of anilines is 1. The number of hydrogen-bond donors (Lipinski definition) is 2. The maximum absolute atomic E-state index is 15.0. The fourth-order valence-electron chi connectivity index (χ4n) is 5.95. The molecule has 0 aliphatic carbocycles. The Morgan fingerprint density at radius 1 is 1.26 bits per heavy atom. The maximum atomic E-state index is 15.0. The average molecular weight is 599 g/mol. The molecule has 3 aliphatic rings. The zero-order valence-electron chi connectivity index (χ0n) is 23.0. The van der Waals surface area contributed by atoms with Gasteiger partial charge in [0.1, 0.15) is 17.4 Å². The molecule has 12 nitrogen and oxygen atoms in total. The number of piperidine rings is 1. The van der Waals surface area contributed by atoms with Crippen LogP contribution < -0.4 is 20.3 Å². The molecule has 3 aliphatic heterocycles. The van der Waals surface area contributed by atoms with Crippen LogP contribution in [0.1, 0.15) is 37.3 Å². The Balaban J connectivity index is 1.28. The molecule has 0 unspecified atom stereocenters. The molecule has 42 heavy (non-hydrogen) atoms. The minimum Gasteiger partial charge on any atom is -0.453 e. The van der Waals surface area contributed by atoms with Gasteiger partial charge in [-0.2, -0.15) is 18.0 Å². The standard InChI is InChI=1S/C28H31FN6O6S/c1-39-20-6-11-34(15-20)42(37,38)33-25-5-3-23(29)26(22(25)14-30)41-19-2-4-24-21(12-19)27(36)35(17-32-24)18-13-28(40-16-18)7-9-31-10-8-28/h2-5,12,17-18,20,31,33H,6-11,13,15-16H2,1H3/t18-,20-/m1/s1. The summed E-state index contributed by atoms with van der Waals surface area (Å²) in [5.74, 6) is -1.24. The predicted molar refractivity (Wildman–Crippen MR) is 151 cm³/mol. The van der Waals surface area contributed by atoms with Crippen molar-refractivity contribution in [1.29, 1.82) is 5.26 Å². The molecule has 1 aromatic heterocycles. The molecule has 4 heterocycles. The van der Waals surface area contributed by atoms with E-state index < -0.39 is 21.8 Å². The highest BCUT2D eigenvalue weighted by Gasteiger charge is 2.42. The second-order valence-corrected chi connectivity index (χ2v) is 12.5. The second kappa shape index (κ2) is 11.2. The molecular formula is C28H31FN6O6S. The van der Waals surface area contributed by atoms with Crippen LogP contribution in [-0.2, 0) is 19.7 Å². The zero-order chi connectivity index (χ0) is 29.5. The van der Waals surface area contributed by atoms with E-state index in [4.69, 9.17) is 14.2 Å². The number of halogens is 1. The van der Waals surface area contributed by atoms with E-state index in [0.717, 1.165) is 32.0 Å². The van der Waals surface area contributed by atoms with Crippen molar-refractivity contribution in [3.05, 3.63) is 58.4 Å². The number of nitriles is 1. The third-order valence-corrected chi connectivity index (χ3v) is 9.80. The Morgan fingerprint density at radius 2 is 2.07 bits per heavy atom. The molecule has 2 aromatic carbocycles. The van der Waals surface area contributed by atoms with E-state index in [0.29, 0.717) is 25.0 Å². The highest BCUT2D eigenvalue weighted by atomic mass is 32.2. The van der Waals surface area contributed by atoms with Gasteiger partial charge in [0.2, 0.25) is 0 Å². The van der Waals surface area contributed by atoms with Gasteiger partial charge in [0.05, 0.1) is 47.3 Å². The Kier molecular flexibility index (Phi) is 7.62. The van der Waals surface area contributed by atoms with Crippen LogP contribution in [-0.4, -0.2) is 73.9 Å². The summed E-state index contributed by atoms with van der Waals surface area (Å²) in [6.07, 6.45) is 4.29. The lowest BCUT2D eigenvalue weighted by Gasteiger charge is -2.32. The lowest BCUT2D eigenvalue weighted by Crippen LogP contribution is -2.41. The quantitative estimate of drug-likeness (QED) is 0.419. The number of fused-ring (bicyclic) bond motifs is 1. The van der Waals surface area contributed by atoms with Gasteiger partial charge in [0, 0.05) is 20.2 Å². The number of nitrogens with zero attached hydrogens (tertiary/aromatic N) is 4. The molecule has 0 amide bonds. The van der Waals surface area contributed by atoms with Crippen molar-refractivity contribution in [2.75, 3.05) is 44.6 Å². The van der Waals surface area contributed by atoms with Crippen LogP contribution in [0.5, 0.6) is 11.5 Å². The molecule has 2 N–H and O–H groups in total. The minimum atomic E-state index is -4.04. The molecule has 2 atom stereocenters. The Labute approximate surface area is 242 Å².